The maximum Gasteiger partial charge on any atom is 0.510 e. The molecular formula is C10H12O10. The van der Waals surface area contributed by atoms with Crippen LogP contribution >= 0.6 is 0 Å². The van der Waals surface area contributed by atoms with Crippen molar-refractivity contribution in [1.29, 1.82) is 0 Å². The highest BCUT2D eigenvalue weighted by Gasteiger charge is 2.56. The van der Waals surface area contributed by atoms with E-state index < -0.39 is 43.1 Å². The van der Waals surface area contributed by atoms with Gasteiger partial charge in [-0.3, -0.25) is 0 Å². The van der Waals surface area contributed by atoms with E-state index in [0.717, 1.165) is 14.2 Å². The molecule has 20 heavy (non-hydrogen) atoms. The van der Waals surface area contributed by atoms with Crippen molar-refractivity contribution in [3.63, 3.8) is 0 Å². The van der Waals surface area contributed by atoms with Gasteiger partial charge < -0.3 is 33.2 Å². The Bertz CT molecular complexity index is 407. The Kier molecular flexibility index (Phi) is 4.13. The first-order valence-electron chi connectivity index (χ1n) is 5.53. The summed E-state index contributed by atoms with van der Waals surface area (Å²) in [7, 11) is 2.26. The van der Waals surface area contributed by atoms with Gasteiger partial charge in [-0.05, 0) is 0 Å². The van der Waals surface area contributed by atoms with Gasteiger partial charge in [0.15, 0.2) is 6.10 Å². The van der Waals surface area contributed by atoms with Crippen molar-refractivity contribution in [2.75, 3.05) is 20.8 Å². The molecule has 2 heterocycles. The van der Waals surface area contributed by atoms with Gasteiger partial charge in [0.1, 0.15) is 12.7 Å². The van der Waals surface area contributed by atoms with Gasteiger partial charge >= 0.3 is 18.5 Å². The molecule has 2 fully saturated rings. The number of fused-ring (bicyclic) bond motifs is 1. The first-order valence-corrected chi connectivity index (χ1v) is 5.53. The average Bonchev–Trinajstić information content (AvgIpc) is 2.95. The highest BCUT2D eigenvalue weighted by atomic mass is 16.8. The van der Waals surface area contributed by atoms with E-state index in [0.29, 0.717) is 0 Å². The Balaban J connectivity index is 1.98. The first-order chi connectivity index (χ1) is 9.55. The van der Waals surface area contributed by atoms with Crippen molar-refractivity contribution in [1.82, 2.24) is 0 Å². The fourth-order valence-electron chi connectivity index (χ4n) is 1.79. The van der Waals surface area contributed by atoms with Gasteiger partial charge in [0.2, 0.25) is 12.4 Å². The lowest BCUT2D eigenvalue weighted by Gasteiger charge is -2.15. The molecule has 0 saturated carbocycles. The van der Waals surface area contributed by atoms with Crippen LogP contribution in [-0.2, 0) is 33.2 Å². The molecule has 0 unspecified atom stereocenters. The molecule has 10 nitrogen and oxygen atoms in total. The SMILES string of the molecule is COC(=O)OC[C@@H]1O[C@@H](OC(=O)OC)[C@H]2OC(=O)O[C@@H]21. The summed E-state index contributed by atoms with van der Waals surface area (Å²) < 4.78 is 33.0. The van der Waals surface area contributed by atoms with Crippen molar-refractivity contribution in [2.24, 2.45) is 0 Å². The van der Waals surface area contributed by atoms with E-state index in [4.69, 9.17) is 23.7 Å². The monoisotopic (exact) mass is 292 g/mol. The quantitative estimate of drug-likeness (QED) is 0.526. The van der Waals surface area contributed by atoms with Crippen LogP contribution < -0.4 is 0 Å². The molecule has 0 N–H and O–H groups in total. The second kappa shape index (κ2) is 5.82. The van der Waals surface area contributed by atoms with Crippen LogP contribution in [0.1, 0.15) is 0 Å². The first kappa shape index (κ1) is 14.2. The van der Waals surface area contributed by atoms with Crippen LogP contribution in [0.15, 0.2) is 0 Å². The van der Waals surface area contributed by atoms with E-state index in [1.54, 1.807) is 0 Å². The van der Waals surface area contributed by atoms with Crippen LogP contribution in [0.3, 0.4) is 0 Å². The minimum absolute atomic E-state index is 0.258. The molecular weight excluding hydrogens is 280 g/mol. The predicted molar refractivity (Wildman–Crippen MR) is 55.7 cm³/mol. The lowest BCUT2D eigenvalue weighted by atomic mass is 10.1. The van der Waals surface area contributed by atoms with Crippen LogP contribution in [0, 0.1) is 0 Å². The van der Waals surface area contributed by atoms with Crippen LogP contribution in [0.5, 0.6) is 0 Å². The summed E-state index contributed by atoms with van der Waals surface area (Å²) in [5.41, 5.74) is 0. The number of methoxy groups -OCH3 is 2. The molecule has 0 spiro atoms. The molecule has 2 rings (SSSR count). The standard InChI is InChI=1S/C10H12O10/c1-14-8(11)16-3-4-5-6(19-10(13)18-5)7(17-4)20-9(12)15-2/h4-7H,3H2,1-2H3/t4-,5+,6-,7-/m0/s1. The normalized spacial score (nSPS) is 30.8. The Morgan fingerprint density at radius 3 is 2.40 bits per heavy atom. The lowest BCUT2D eigenvalue weighted by Crippen LogP contribution is -2.33. The predicted octanol–water partition coefficient (Wildman–Crippen LogP) is 0.181. The Labute approximate surface area is 112 Å². The Hall–Kier alpha value is -2.23. The van der Waals surface area contributed by atoms with Gasteiger partial charge in [-0.2, -0.15) is 0 Å². The van der Waals surface area contributed by atoms with Crippen molar-refractivity contribution in [3.05, 3.63) is 0 Å². The largest absolute Gasteiger partial charge is 0.510 e. The molecule has 10 heteroatoms. The van der Waals surface area contributed by atoms with E-state index in [2.05, 4.69) is 9.47 Å². The van der Waals surface area contributed by atoms with Gasteiger partial charge in [-0.15, -0.1) is 0 Å². The van der Waals surface area contributed by atoms with Crippen molar-refractivity contribution in [2.45, 2.75) is 24.6 Å². The highest BCUT2D eigenvalue weighted by molar-refractivity contribution is 5.64. The van der Waals surface area contributed by atoms with Gasteiger partial charge in [0, 0.05) is 0 Å². The van der Waals surface area contributed by atoms with Crippen molar-refractivity contribution >= 4 is 18.5 Å². The summed E-state index contributed by atoms with van der Waals surface area (Å²) in [5.74, 6) is 0. The average molecular weight is 292 g/mol. The van der Waals surface area contributed by atoms with Crippen molar-refractivity contribution < 1.29 is 47.5 Å². The molecule has 2 aliphatic rings. The smallest absolute Gasteiger partial charge is 0.438 e. The molecule has 112 valence electrons. The van der Waals surface area contributed by atoms with E-state index in [-0.39, 0.29) is 6.61 Å². The summed E-state index contributed by atoms with van der Waals surface area (Å²) in [6.45, 7) is -0.258. The van der Waals surface area contributed by atoms with Crippen molar-refractivity contribution in [3.8, 4) is 0 Å². The van der Waals surface area contributed by atoms with Gasteiger partial charge in [-0.25, -0.2) is 14.4 Å². The van der Waals surface area contributed by atoms with Gasteiger partial charge in [-0.1, -0.05) is 0 Å². The summed E-state index contributed by atoms with van der Waals surface area (Å²) in [5, 5.41) is 0. The fraction of sp³-hybridized carbons (Fsp3) is 0.700. The zero-order chi connectivity index (χ0) is 14.7. The molecule has 0 bridgehead atoms. The molecule has 0 radical (unpaired) electrons. The molecule has 0 aliphatic carbocycles. The van der Waals surface area contributed by atoms with Crippen LogP contribution in [0.2, 0.25) is 0 Å². The minimum Gasteiger partial charge on any atom is -0.438 e. The number of rotatable bonds is 3. The molecule has 2 saturated heterocycles. The molecule has 0 amide bonds. The zero-order valence-corrected chi connectivity index (χ0v) is 10.6. The number of ether oxygens (including phenoxy) is 7. The van der Waals surface area contributed by atoms with Gasteiger partial charge in [0.25, 0.3) is 0 Å². The van der Waals surface area contributed by atoms with E-state index in [9.17, 15) is 14.4 Å². The number of hydrogen-bond donors (Lipinski definition) is 0. The summed E-state index contributed by atoms with van der Waals surface area (Å²) in [4.78, 5) is 33.0. The summed E-state index contributed by atoms with van der Waals surface area (Å²) >= 11 is 0. The molecule has 2 aliphatic heterocycles. The Morgan fingerprint density at radius 1 is 1.10 bits per heavy atom. The van der Waals surface area contributed by atoms with Crippen LogP contribution in [0.4, 0.5) is 14.4 Å². The second-order valence-electron chi connectivity index (χ2n) is 3.79. The molecule has 0 aromatic rings. The molecule has 0 aromatic heterocycles. The van der Waals surface area contributed by atoms with Crippen LogP contribution in [0.25, 0.3) is 0 Å². The van der Waals surface area contributed by atoms with Gasteiger partial charge in [0.05, 0.1) is 14.2 Å². The third kappa shape index (κ3) is 2.85. The second-order valence-corrected chi connectivity index (χ2v) is 3.79. The Morgan fingerprint density at radius 2 is 1.75 bits per heavy atom. The minimum atomic E-state index is -1.20. The number of carbonyl (C=O) groups is 3. The zero-order valence-electron chi connectivity index (χ0n) is 10.6. The maximum absolute atomic E-state index is 11.1. The molecule has 0 aromatic carbocycles. The molecule has 4 atom stereocenters. The fourth-order valence-corrected chi connectivity index (χ4v) is 1.79. The van der Waals surface area contributed by atoms with E-state index in [1.165, 1.54) is 0 Å². The van der Waals surface area contributed by atoms with Crippen LogP contribution in [-0.4, -0.2) is 63.9 Å². The highest BCUT2D eigenvalue weighted by Crippen LogP contribution is 2.33. The third-order valence-corrected chi connectivity index (χ3v) is 2.64. The third-order valence-electron chi connectivity index (χ3n) is 2.64. The number of hydrogen-bond acceptors (Lipinski definition) is 10. The van der Waals surface area contributed by atoms with E-state index >= 15 is 0 Å². The summed E-state index contributed by atoms with van der Waals surface area (Å²) in [6.07, 6.45) is -6.72. The lowest BCUT2D eigenvalue weighted by molar-refractivity contribution is -0.153. The topological polar surface area (TPSA) is 116 Å². The maximum atomic E-state index is 11.1. The summed E-state index contributed by atoms with van der Waals surface area (Å²) in [6, 6.07) is 0. The van der Waals surface area contributed by atoms with E-state index in [1.807, 2.05) is 0 Å². The number of carbonyl (C=O) groups excluding carboxylic acids is 3.